The number of aromatic nitrogens is 2. The number of nitrogens with one attached hydrogen (secondary N) is 2. The molecule has 0 saturated carbocycles. The number of hydrogen-bond donors (Lipinski definition) is 3. The Balaban J connectivity index is 1.75. The normalized spacial score (nSPS) is 18.3. The molecule has 0 spiro atoms. The van der Waals surface area contributed by atoms with E-state index in [0.29, 0.717) is 13.1 Å². The zero-order chi connectivity index (χ0) is 24.8. The van der Waals surface area contributed by atoms with E-state index in [1.54, 1.807) is 7.05 Å². The molecular weight excluding hydrogens is 438 g/mol. The van der Waals surface area contributed by atoms with E-state index in [1.165, 1.54) is 11.1 Å². The highest BCUT2D eigenvalue weighted by molar-refractivity contribution is 5.73. The van der Waals surface area contributed by atoms with E-state index < -0.39 is 0 Å². The number of rotatable bonds is 7. The highest BCUT2D eigenvalue weighted by Gasteiger charge is 2.35. The molecule has 35 heavy (non-hydrogen) atoms. The number of benzene rings is 1. The van der Waals surface area contributed by atoms with Crippen molar-refractivity contribution in [2.75, 3.05) is 7.05 Å². The third kappa shape index (κ3) is 5.69. The molecule has 1 aliphatic heterocycles. The Hall–Kier alpha value is -3.29. The Morgan fingerprint density at radius 2 is 1.63 bits per heavy atom. The molecule has 2 atom stereocenters. The van der Waals surface area contributed by atoms with Gasteiger partial charge in [0.2, 0.25) is 0 Å². The summed E-state index contributed by atoms with van der Waals surface area (Å²) in [6.07, 6.45) is 6.92. The van der Waals surface area contributed by atoms with Crippen molar-refractivity contribution in [2.45, 2.75) is 64.9 Å². The first-order valence-corrected chi connectivity index (χ1v) is 12.3. The Bertz CT molecular complexity index is 1110. The molecule has 4 rings (SSSR count). The second-order valence-electron chi connectivity index (χ2n) is 9.24. The molecule has 2 aromatic heterocycles. The van der Waals surface area contributed by atoms with Crippen LogP contribution in [0, 0.1) is 13.8 Å². The molecular formula is C28H35N5O2. The summed E-state index contributed by atoms with van der Waals surface area (Å²) >= 11 is 0. The Labute approximate surface area is 207 Å². The smallest absolute Gasteiger partial charge is 0.314 e. The maximum atomic E-state index is 11.9. The number of hydrogen-bond acceptors (Lipinski definition) is 5. The lowest BCUT2D eigenvalue weighted by Gasteiger charge is -2.43. The van der Waals surface area contributed by atoms with E-state index in [9.17, 15) is 9.90 Å². The van der Waals surface area contributed by atoms with Crippen LogP contribution in [0.2, 0.25) is 0 Å². The Kier molecular flexibility index (Phi) is 8.10. The molecule has 0 unspecified atom stereocenters. The lowest BCUT2D eigenvalue weighted by Crippen LogP contribution is -2.38. The summed E-state index contributed by atoms with van der Waals surface area (Å²) in [5.74, 6) is 0. The first-order valence-electron chi connectivity index (χ1n) is 12.3. The van der Waals surface area contributed by atoms with Gasteiger partial charge in [0.1, 0.15) is 0 Å². The van der Waals surface area contributed by atoms with Gasteiger partial charge in [-0.2, -0.15) is 0 Å². The molecule has 184 valence electrons. The minimum absolute atomic E-state index is 0.0392. The van der Waals surface area contributed by atoms with Crippen LogP contribution in [-0.4, -0.2) is 33.1 Å². The Morgan fingerprint density at radius 3 is 2.17 bits per heavy atom. The van der Waals surface area contributed by atoms with E-state index in [4.69, 9.17) is 9.97 Å². The predicted molar refractivity (Wildman–Crippen MR) is 136 cm³/mol. The SMILES string of the molecule is CNC(=O)NCc1cc(CO)ccc1CN1[C@@H](c2ncccc2C)CCC[C@H]1c1ncccc1C. The number of pyridine rings is 2. The van der Waals surface area contributed by atoms with Gasteiger partial charge in [0.05, 0.1) is 30.1 Å². The topological polar surface area (TPSA) is 90.4 Å². The van der Waals surface area contributed by atoms with Gasteiger partial charge in [-0.3, -0.25) is 14.9 Å². The first-order chi connectivity index (χ1) is 17.0. The maximum Gasteiger partial charge on any atom is 0.314 e. The molecule has 3 aromatic rings. The largest absolute Gasteiger partial charge is 0.392 e. The molecule has 1 fully saturated rings. The van der Waals surface area contributed by atoms with E-state index >= 15 is 0 Å². The third-order valence-corrected chi connectivity index (χ3v) is 6.96. The number of aliphatic hydroxyl groups is 1. The number of nitrogens with zero attached hydrogens (tertiary/aromatic N) is 3. The van der Waals surface area contributed by atoms with Gasteiger partial charge in [0.25, 0.3) is 0 Å². The summed E-state index contributed by atoms with van der Waals surface area (Å²) in [5.41, 5.74) is 7.56. The van der Waals surface area contributed by atoms with Crippen molar-refractivity contribution >= 4 is 6.03 Å². The van der Waals surface area contributed by atoms with Crippen LogP contribution in [0.1, 0.15) is 70.6 Å². The molecule has 0 aliphatic carbocycles. The molecule has 3 N–H and O–H groups in total. The molecule has 2 amide bonds. The quantitative estimate of drug-likeness (QED) is 0.471. The number of amides is 2. The average molecular weight is 474 g/mol. The number of urea groups is 1. The van der Waals surface area contributed by atoms with Crippen LogP contribution in [0.5, 0.6) is 0 Å². The van der Waals surface area contributed by atoms with Gasteiger partial charge < -0.3 is 15.7 Å². The fourth-order valence-electron chi connectivity index (χ4n) is 5.11. The summed E-state index contributed by atoms with van der Waals surface area (Å²) in [6, 6.07) is 14.4. The van der Waals surface area contributed by atoms with Gasteiger partial charge in [-0.15, -0.1) is 0 Å². The van der Waals surface area contributed by atoms with Crippen LogP contribution in [-0.2, 0) is 19.7 Å². The molecule has 1 aromatic carbocycles. The van der Waals surface area contributed by atoms with Crippen molar-refractivity contribution in [1.29, 1.82) is 0 Å². The summed E-state index contributed by atoms with van der Waals surface area (Å²) in [5, 5.41) is 15.2. The molecule has 1 saturated heterocycles. The highest BCUT2D eigenvalue weighted by atomic mass is 16.3. The van der Waals surface area contributed by atoms with Gasteiger partial charge in [-0.25, -0.2) is 4.79 Å². The lowest BCUT2D eigenvalue weighted by atomic mass is 9.88. The second kappa shape index (κ2) is 11.4. The Morgan fingerprint density at radius 1 is 1.00 bits per heavy atom. The number of carbonyl (C=O) groups excluding carboxylic acids is 1. The van der Waals surface area contributed by atoms with E-state index in [1.807, 2.05) is 36.7 Å². The fraction of sp³-hybridized carbons (Fsp3) is 0.393. The van der Waals surface area contributed by atoms with Crippen molar-refractivity contribution in [3.8, 4) is 0 Å². The summed E-state index contributed by atoms with van der Waals surface area (Å²) in [6.45, 7) is 5.30. The zero-order valence-electron chi connectivity index (χ0n) is 20.8. The van der Waals surface area contributed by atoms with Crippen molar-refractivity contribution in [3.05, 3.63) is 94.1 Å². The first kappa shape index (κ1) is 24.8. The van der Waals surface area contributed by atoms with Crippen molar-refractivity contribution < 1.29 is 9.90 Å². The van der Waals surface area contributed by atoms with Crippen LogP contribution < -0.4 is 10.6 Å². The van der Waals surface area contributed by atoms with E-state index in [-0.39, 0.29) is 24.7 Å². The monoisotopic (exact) mass is 473 g/mol. The zero-order valence-corrected chi connectivity index (χ0v) is 20.8. The number of aryl methyl sites for hydroxylation is 2. The second-order valence-corrected chi connectivity index (χ2v) is 9.24. The summed E-state index contributed by atoms with van der Waals surface area (Å²) in [4.78, 5) is 24.0. The van der Waals surface area contributed by atoms with Gasteiger partial charge in [0, 0.05) is 32.5 Å². The van der Waals surface area contributed by atoms with Gasteiger partial charge in [-0.05, 0) is 73.1 Å². The summed E-state index contributed by atoms with van der Waals surface area (Å²) < 4.78 is 0. The van der Waals surface area contributed by atoms with Crippen LogP contribution in [0.3, 0.4) is 0 Å². The van der Waals surface area contributed by atoms with Gasteiger partial charge in [-0.1, -0.05) is 30.3 Å². The molecule has 7 heteroatoms. The van der Waals surface area contributed by atoms with Gasteiger partial charge >= 0.3 is 6.03 Å². The number of aliphatic hydroxyl groups excluding tert-OH is 1. The number of likely N-dealkylation sites (tertiary alicyclic amines) is 1. The van der Waals surface area contributed by atoms with Gasteiger partial charge in [0.15, 0.2) is 0 Å². The van der Waals surface area contributed by atoms with Crippen LogP contribution in [0.4, 0.5) is 4.79 Å². The van der Waals surface area contributed by atoms with Crippen LogP contribution in [0.25, 0.3) is 0 Å². The van der Waals surface area contributed by atoms with Crippen LogP contribution in [0.15, 0.2) is 54.9 Å². The van der Waals surface area contributed by atoms with Crippen LogP contribution >= 0.6 is 0 Å². The third-order valence-electron chi connectivity index (χ3n) is 6.96. The predicted octanol–water partition coefficient (Wildman–Crippen LogP) is 4.48. The van der Waals surface area contributed by atoms with Crippen molar-refractivity contribution in [2.24, 2.45) is 0 Å². The molecule has 0 bridgehead atoms. The average Bonchev–Trinajstić information content (AvgIpc) is 2.88. The fourth-order valence-corrected chi connectivity index (χ4v) is 5.11. The minimum atomic E-state index is -0.229. The molecule has 3 heterocycles. The van der Waals surface area contributed by atoms with E-state index in [2.05, 4.69) is 47.6 Å². The number of piperidine rings is 1. The standard InChI is InChI=1S/C28H35N5O2/c1-19-7-5-13-30-26(19)24-9-4-10-25(27-20(2)8-6-14-31-27)33(24)17-22-12-11-21(18-34)15-23(22)16-32-28(35)29-3/h5-8,11-15,24-25,34H,4,9-10,16-18H2,1-3H3,(H2,29,32,35)/t24-,25+. The lowest BCUT2D eigenvalue weighted by molar-refractivity contribution is 0.0675. The molecule has 1 aliphatic rings. The minimum Gasteiger partial charge on any atom is -0.392 e. The molecule has 7 nitrogen and oxygen atoms in total. The number of carbonyl (C=O) groups is 1. The highest BCUT2D eigenvalue weighted by Crippen LogP contribution is 2.43. The summed E-state index contributed by atoms with van der Waals surface area (Å²) in [7, 11) is 1.60. The van der Waals surface area contributed by atoms with E-state index in [0.717, 1.165) is 47.3 Å². The maximum absolute atomic E-state index is 11.9. The van der Waals surface area contributed by atoms with Crippen molar-refractivity contribution in [1.82, 2.24) is 25.5 Å². The molecule has 0 radical (unpaired) electrons. The van der Waals surface area contributed by atoms with Crippen molar-refractivity contribution in [3.63, 3.8) is 0 Å².